The molecule has 3 heterocycles. The number of aromatic nitrogens is 4. The van der Waals surface area contributed by atoms with Gasteiger partial charge in [-0.15, -0.1) is 32.9 Å². The van der Waals surface area contributed by atoms with Crippen LogP contribution in [0.4, 0.5) is 5.13 Å². The van der Waals surface area contributed by atoms with Crippen LogP contribution in [0.1, 0.15) is 24.6 Å². The molecule has 0 saturated carbocycles. The Kier molecular flexibility index (Phi) is 7.21. The molecule has 4 aromatic rings. The molecule has 0 aliphatic rings. The van der Waals surface area contributed by atoms with Crippen molar-refractivity contribution >= 4 is 68.7 Å². The van der Waals surface area contributed by atoms with E-state index >= 15 is 0 Å². The first-order valence-electron chi connectivity index (χ1n) is 9.63. The summed E-state index contributed by atoms with van der Waals surface area (Å²) in [4.78, 5) is 18.2. The van der Waals surface area contributed by atoms with Gasteiger partial charge in [-0.3, -0.25) is 4.79 Å². The molecule has 6 nitrogen and oxygen atoms in total. The average molecular weight is 525 g/mol. The number of amides is 1. The van der Waals surface area contributed by atoms with Crippen molar-refractivity contribution in [2.75, 3.05) is 11.1 Å². The Morgan fingerprint density at radius 2 is 2.00 bits per heavy atom. The van der Waals surface area contributed by atoms with E-state index < -0.39 is 0 Å². The first-order valence-corrected chi connectivity index (χ1v) is 13.1. The van der Waals surface area contributed by atoms with Crippen molar-refractivity contribution in [3.8, 4) is 22.6 Å². The summed E-state index contributed by atoms with van der Waals surface area (Å²) >= 11 is 16.6. The van der Waals surface area contributed by atoms with E-state index in [4.69, 9.17) is 23.2 Å². The predicted molar refractivity (Wildman–Crippen MR) is 135 cm³/mol. The number of nitrogens with zero attached hydrogens (tertiary/aromatic N) is 4. The molecule has 0 bridgehead atoms. The number of anilines is 1. The van der Waals surface area contributed by atoms with Crippen LogP contribution >= 0.6 is 57.6 Å². The maximum atomic E-state index is 12.4. The first kappa shape index (κ1) is 23.3. The molecule has 1 N–H and O–H groups in total. The second kappa shape index (κ2) is 9.93. The molecule has 11 heteroatoms. The largest absolute Gasteiger partial charge is 0.305 e. The lowest BCUT2D eigenvalue weighted by atomic mass is 10.1. The Labute approximate surface area is 208 Å². The summed E-state index contributed by atoms with van der Waals surface area (Å²) in [6.45, 7) is 4.34. The minimum absolute atomic E-state index is 0.166. The number of rotatable bonds is 7. The summed E-state index contributed by atoms with van der Waals surface area (Å²) in [7, 11) is 1.91. The highest BCUT2D eigenvalue weighted by molar-refractivity contribution is 7.99. The summed E-state index contributed by atoms with van der Waals surface area (Å²) in [5, 5.41) is 17.6. The summed E-state index contributed by atoms with van der Waals surface area (Å²) in [5.74, 6) is 1.30. The molecule has 0 atom stereocenters. The Balaban J connectivity index is 1.37. The van der Waals surface area contributed by atoms with Crippen LogP contribution < -0.4 is 5.32 Å². The van der Waals surface area contributed by atoms with Gasteiger partial charge >= 0.3 is 0 Å². The quantitative estimate of drug-likeness (QED) is 0.268. The van der Waals surface area contributed by atoms with Gasteiger partial charge in [0.15, 0.2) is 16.1 Å². The van der Waals surface area contributed by atoms with Crippen molar-refractivity contribution in [1.82, 2.24) is 19.7 Å². The van der Waals surface area contributed by atoms with Crippen LogP contribution in [0, 0.1) is 0 Å². The van der Waals surface area contributed by atoms with E-state index in [0.29, 0.717) is 31.9 Å². The Morgan fingerprint density at radius 3 is 2.72 bits per heavy atom. The van der Waals surface area contributed by atoms with Gasteiger partial charge in [0.25, 0.3) is 0 Å². The van der Waals surface area contributed by atoms with Gasteiger partial charge in [0.2, 0.25) is 5.91 Å². The Hall–Kier alpha value is -1.91. The fourth-order valence-corrected chi connectivity index (χ4v) is 5.75. The van der Waals surface area contributed by atoms with E-state index in [1.807, 2.05) is 23.1 Å². The molecule has 1 aromatic carbocycles. The van der Waals surface area contributed by atoms with E-state index in [-0.39, 0.29) is 11.7 Å². The van der Waals surface area contributed by atoms with Crippen LogP contribution in [0.5, 0.6) is 0 Å². The van der Waals surface area contributed by atoms with E-state index in [1.165, 1.54) is 28.0 Å². The summed E-state index contributed by atoms with van der Waals surface area (Å²) < 4.78 is 1.91. The van der Waals surface area contributed by atoms with Crippen molar-refractivity contribution in [2.24, 2.45) is 7.05 Å². The monoisotopic (exact) mass is 523 g/mol. The number of thiazole rings is 1. The van der Waals surface area contributed by atoms with E-state index in [2.05, 4.69) is 45.8 Å². The summed E-state index contributed by atoms with van der Waals surface area (Å²) in [6, 6.07) is 7.38. The van der Waals surface area contributed by atoms with Crippen LogP contribution in [0.15, 0.2) is 40.2 Å². The number of carbonyl (C=O) groups is 1. The van der Waals surface area contributed by atoms with Crippen LogP contribution in [0.3, 0.4) is 0 Å². The fraction of sp³-hybridized carbons (Fsp3) is 0.238. The van der Waals surface area contributed by atoms with Gasteiger partial charge in [-0.25, -0.2) is 4.98 Å². The number of thioether (sulfide) groups is 1. The molecule has 32 heavy (non-hydrogen) atoms. The van der Waals surface area contributed by atoms with E-state index in [9.17, 15) is 4.79 Å². The van der Waals surface area contributed by atoms with Gasteiger partial charge in [0.1, 0.15) is 0 Å². The third-order valence-corrected chi connectivity index (χ3v) is 8.13. The van der Waals surface area contributed by atoms with Crippen LogP contribution in [0.25, 0.3) is 22.6 Å². The minimum Gasteiger partial charge on any atom is -0.305 e. The van der Waals surface area contributed by atoms with Gasteiger partial charge in [0.05, 0.1) is 16.5 Å². The Morgan fingerprint density at radius 1 is 1.19 bits per heavy atom. The molecule has 0 spiro atoms. The molecule has 3 aromatic heterocycles. The maximum absolute atomic E-state index is 12.4. The number of halogens is 2. The van der Waals surface area contributed by atoms with Gasteiger partial charge in [-0.2, -0.15) is 0 Å². The molecule has 0 aliphatic carbocycles. The number of hydrogen-bond acceptors (Lipinski definition) is 7. The summed E-state index contributed by atoms with van der Waals surface area (Å²) in [6.07, 6.45) is 0. The van der Waals surface area contributed by atoms with Crippen molar-refractivity contribution in [1.29, 1.82) is 0 Å². The van der Waals surface area contributed by atoms with Crippen LogP contribution in [0.2, 0.25) is 10.0 Å². The third-order valence-electron chi connectivity index (χ3n) is 4.57. The molecule has 0 unspecified atom stereocenters. The Bertz CT molecular complexity index is 1260. The molecule has 0 saturated heterocycles. The van der Waals surface area contributed by atoms with E-state index in [1.54, 1.807) is 23.5 Å². The van der Waals surface area contributed by atoms with Crippen LogP contribution in [-0.2, 0) is 11.8 Å². The SMILES string of the molecule is CC(C)c1cc(-c2nnc(SCC(=O)Nc3nc(-c4ccc(Cl)cc4Cl)cs3)n2C)cs1. The second-order valence-electron chi connectivity index (χ2n) is 7.26. The highest BCUT2D eigenvalue weighted by Crippen LogP contribution is 2.33. The van der Waals surface area contributed by atoms with Crippen LogP contribution in [-0.4, -0.2) is 31.4 Å². The van der Waals surface area contributed by atoms with Gasteiger partial charge < -0.3 is 9.88 Å². The number of thiophene rings is 1. The maximum Gasteiger partial charge on any atom is 0.236 e. The predicted octanol–water partition coefficient (Wildman–Crippen LogP) is 6.83. The number of benzene rings is 1. The molecule has 0 aliphatic heterocycles. The molecular formula is C21H19Cl2N5OS3. The highest BCUT2D eigenvalue weighted by atomic mass is 35.5. The lowest BCUT2D eigenvalue weighted by molar-refractivity contribution is -0.113. The molecule has 0 radical (unpaired) electrons. The molecule has 166 valence electrons. The van der Waals surface area contributed by atoms with Crippen molar-refractivity contribution in [3.05, 3.63) is 49.9 Å². The zero-order valence-corrected chi connectivity index (χ0v) is 21.4. The topological polar surface area (TPSA) is 72.7 Å². The molecule has 1 amide bonds. The fourth-order valence-electron chi connectivity index (χ4n) is 2.90. The first-order chi connectivity index (χ1) is 15.3. The smallest absolute Gasteiger partial charge is 0.236 e. The normalized spacial score (nSPS) is 11.3. The lowest BCUT2D eigenvalue weighted by Gasteiger charge is -2.04. The number of hydrogen-bond donors (Lipinski definition) is 1. The van der Waals surface area contributed by atoms with Crippen molar-refractivity contribution in [2.45, 2.75) is 24.9 Å². The number of carbonyl (C=O) groups excluding carboxylic acids is 1. The summed E-state index contributed by atoms with van der Waals surface area (Å²) in [5.41, 5.74) is 2.50. The van der Waals surface area contributed by atoms with Crippen molar-refractivity contribution in [3.63, 3.8) is 0 Å². The second-order valence-corrected chi connectivity index (χ2v) is 10.8. The number of nitrogens with one attached hydrogen (secondary N) is 1. The zero-order chi connectivity index (χ0) is 22.8. The molecule has 0 fully saturated rings. The molecule has 4 rings (SSSR count). The highest BCUT2D eigenvalue weighted by Gasteiger charge is 2.16. The minimum atomic E-state index is -0.166. The van der Waals surface area contributed by atoms with Gasteiger partial charge in [-0.05, 0) is 30.2 Å². The van der Waals surface area contributed by atoms with E-state index in [0.717, 1.165) is 17.0 Å². The van der Waals surface area contributed by atoms with Gasteiger partial charge in [-0.1, -0.05) is 48.8 Å². The lowest BCUT2D eigenvalue weighted by Crippen LogP contribution is -2.14. The standard InChI is InChI=1S/C21H19Cl2N5OS3/c1-11(2)17-6-12(8-30-17)19-26-27-21(28(19)3)32-10-18(29)25-20-24-16(9-31-20)14-5-4-13(22)7-15(14)23/h4-9,11H,10H2,1-3H3,(H,24,25,29). The van der Waals surface area contributed by atoms with Gasteiger partial charge in [0, 0.05) is 38.8 Å². The zero-order valence-electron chi connectivity index (χ0n) is 17.4. The average Bonchev–Trinajstić information content (AvgIpc) is 3.47. The third kappa shape index (κ3) is 5.18. The molecular weight excluding hydrogens is 505 g/mol. The van der Waals surface area contributed by atoms with Crippen molar-refractivity contribution < 1.29 is 4.79 Å².